The minimum atomic E-state index is -0.600. The molecule has 0 amide bonds. The number of hydrogen-bond acceptors (Lipinski definition) is 4. The van der Waals surface area contributed by atoms with Gasteiger partial charge in [0, 0.05) is 5.56 Å². The van der Waals surface area contributed by atoms with E-state index < -0.39 is 6.10 Å². The lowest BCUT2D eigenvalue weighted by Crippen LogP contribution is -2.28. The number of ether oxygens (including phenoxy) is 2. The Morgan fingerprint density at radius 1 is 1.29 bits per heavy atom. The lowest BCUT2D eigenvalue weighted by molar-refractivity contribution is -0.151. The fourth-order valence-corrected chi connectivity index (χ4v) is 1.32. The van der Waals surface area contributed by atoms with E-state index in [0.29, 0.717) is 24.3 Å². The first kappa shape index (κ1) is 13.2. The molecule has 0 heterocycles. The first-order valence-electron chi connectivity index (χ1n) is 5.59. The highest BCUT2D eigenvalue weighted by Crippen LogP contribution is 2.15. The molecule has 4 heteroatoms. The number of benzene rings is 1. The highest BCUT2D eigenvalue weighted by molar-refractivity contribution is 5.76. The molecule has 1 aromatic carbocycles. The van der Waals surface area contributed by atoms with E-state index in [1.165, 1.54) is 0 Å². The maximum absolute atomic E-state index is 11.5. The van der Waals surface area contributed by atoms with Crippen LogP contribution in [0.15, 0.2) is 24.3 Å². The molecule has 0 aromatic heterocycles. The van der Waals surface area contributed by atoms with E-state index in [1.54, 1.807) is 31.2 Å². The fraction of sp³-hybridized carbons (Fsp3) is 0.385. The van der Waals surface area contributed by atoms with Crippen molar-refractivity contribution in [2.75, 3.05) is 6.61 Å². The van der Waals surface area contributed by atoms with E-state index in [0.717, 1.165) is 6.29 Å². The number of aldehydes is 1. The summed E-state index contributed by atoms with van der Waals surface area (Å²) in [7, 11) is 0. The van der Waals surface area contributed by atoms with Crippen molar-refractivity contribution in [1.82, 2.24) is 0 Å². The second-order valence-corrected chi connectivity index (χ2v) is 3.45. The molecule has 0 aliphatic heterocycles. The number of esters is 1. The second-order valence-electron chi connectivity index (χ2n) is 3.45. The molecule has 1 rings (SSSR count). The van der Waals surface area contributed by atoms with Crippen LogP contribution in [0.3, 0.4) is 0 Å². The van der Waals surface area contributed by atoms with Gasteiger partial charge in [0.15, 0.2) is 6.10 Å². The van der Waals surface area contributed by atoms with E-state index in [-0.39, 0.29) is 5.97 Å². The molecule has 0 saturated carbocycles. The Kier molecular flexibility index (Phi) is 5.20. The molecule has 0 fully saturated rings. The molecular formula is C13H16O4. The van der Waals surface area contributed by atoms with Crippen molar-refractivity contribution in [1.29, 1.82) is 0 Å². The second kappa shape index (κ2) is 6.68. The van der Waals surface area contributed by atoms with Crippen LogP contribution in [-0.2, 0) is 9.53 Å². The predicted molar refractivity (Wildman–Crippen MR) is 63.2 cm³/mol. The summed E-state index contributed by atoms with van der Waals surface area (Å²) in [4.78, 5) is 22.0. The fourth-order valence-electron chi connectivity index (χ4n) is 1.32. The maximum atomic E-state index is 11.5. The Bertz CT molecular complexity index is 370. The summed E-state index contributed by atoms with van der Waals surface area (Å²) in [5.41, 5.74) is 0.571. The van der Waals surface area contributed by atoms with Crippen LogP contribution in [0.1, 0.15) is 30.6 Å². The minimum Gasteiger partial charge on any atom is -0.479 e. The van der Waals surface area contributed by atoms with Crippen LogP contribution < -0.4 is 4.74 Å². The van der Waals surface area contributed by atoms with Crippen molar-refractivity contribution in [3.8, 4) is 5.75 Å². The van der Waals surface area contributed by atoms with Gasteiger partial charge in [-0.3, -0.25) is 4.79 Å². The highest BCUT2D eigenvalue weighted by atomic mass is 16.6. The molecular weight excluding hydrogens is 220 g/mol. The Morgan fingerprint density at radius 2 is 1.94 bits per heavy atom. The normalized spacial score (nSPS) is 11.6. The standard InChI is InChI=1S/C13H16O4/c1-3-12(13(15)16-4-2)17-11-7-5-10(9-14)6-8-11/h5-9,12H,3-4H2,1-2H3. The van der Waals surface area contributed by atoms with Crippen molar-refractivity contribution < 1.29 is 19.1 Å². The van der Waals surface area contributed by atoms with E-state index >= 15 is 0 Å². The van der Waals surface area contributed by atoms with Gasteiger partial charge in [-0.25, -0.2) is 4.79 Å². The topological polar surface area (TPSA) is 52.6 Å². The van der Waals surface area contributed by atoms with Gasteiger partial charge in [-0.2, -0.15) is 0 Å². The minimum absolute atomic E-state index is 0.336. The van der Waals surface area contributed by atoms with Gasteiger partial charge < -0.3 is 9.47 Å². The summed E-state index contributed by atoms with van der Waals surface area (Å²) in [5.74, 6) is 0.185. The third kappa shape index (κ3) is 3.90. The number of hydrogen-bond donors (Lipinski definition) is 0. The molecule has 0 N–H and O–H groups in total. The monoisotopic (exact) mass is 236 g/mol. The molecule has 0 aliphatic carbocycles. The molecule has 0 bridgehead atoms. The first-order valence-corrected chi connectivity index (χ1v) is 5.59. The van der Waals surface area contributed by atoms with E-state index in [1.807, 2.05) is 6.92 Å². The van der Waals surface area contributed by atoms with Crippen molar-refractivity contribution >= 4 is 12.3 Å². The lowest BCUT2D eigenvalue weighted by Gasteiger charge is -2.15. The molecule has 1 aromatic rings. The van der Waals surface area contributed by atoms with Crippen molar-refractivity contribution in [2.24, 2.45) is 0 Å². The summed E-state index contributed by atoms with van der Waals surface area (Å²) in [5, 5.41) is 0. The third-order valence-electron chi connectivity index (χ3n) is 2.21. The molecule has 92 valence electrons. The zero-order chi connectivity index (χ0) is 12.7. The van der Waals surface area contributed by atoms with Gasteiger partial charge in [-0.15, -0.1) is 0 Å². The molecule has 0 saturated heterocycles. The van der Waals surface area contributed by atoms with Crippen LogP contribution in [-0.4, -0.2) is 25.0 Å². The van der Waals surface area contributed by atoms with Crippen LogP contribution in [0, 0.1) is 0 Å². The summed E-state index contributed by atoms with van der Waals surface area (Å²) in [6.45, 7) is 3.94. The summed E-state index contributed by atoms with van der Waals surface area (Å²) in [6, 6.07) is 6.59. The third-order valence-corrected chi connectivity index (χ3v) is 2.21. The van der Waals surface area contributed by atoms with Gasteiger partial charge in [0.05, 0.1) is 6.61 Å². The average Bonchev–Trinajstić information content (AvgIpc) is 2.37. The number of carbonyl (C=O) groups excluding carboxylic acids is 2. The smallest absolute Gasteiger partial charge is 0.347 e. The number of carbonyl (C=O) groups is 2. The zero-order valence-electron chi connectivity index (χ0n) is 10.0. The zero-order valence-corrected chi connectivity index (χ0v) is 10.0. The maximum Gasteiger partial charge on any atom is 0.347 e. The lowest BCUT2D eigenvalue weighted by atomic mass is 10.2. The Balaban J connectivity index is 2.66. The van der Waals surface area contributed by atoms with Crippen LogP contribution in [0.5, 0.6) is 5.75 Å². The van der Waals surface area contributed by atoms with E-state index in [2.05, 4.69) is 0 Å². The summed E-state index contributed by atoms with van der Waals surface area (Å²) in [6.07, 6.45) is 0.692. The highest BCUT2D eigenvalue weighted by Gasteiger charge is 2.19. The summed E-state index contributed by atoms with van der Waals surface area (Å²) < 4.78 is 10.4. The molecule has 17 heavy (non-hydrogen) atoms. The van der Waals surface area contributed by atoms with Crippen LogP contribution in [0.4, 0.5) is 0 Å². The van der Waals surface area contributed by atoms with Crippen LogP contribution in [0.25, 0.3) is 0 Å². The summed E-state index contributed by atoms with van der Waals surface area (Å²) >= 11 is 0. The van der Waals surface area contributed by atoms with E-state index in [4.69, 9.17) is 9.47 Å². The molecule has 0 spiro atoms. The van der Waals surface area contributed by atoms with Gasteiger partial charge in [-0.1, -0.05) is 6.92 Å². The molecule has 0 aliphatic rings. The van der Waals surface area contributed by atoms with Gasteiger partial charge >= 0.3 is 5.97 Å². The Labute approximate surface area is 101 Å². The Morgan fingerprint density at radius 3 is 2.41 bits per heavy atom. The van der Waals surface area contributed by atoms with E-state index in [9.17, 15) is 9.59 Å². The van der Waals surface area contributed by atoms with Crippen LogP contribution in [0.2, 0.25) is 0 Å². The van der Waals surface area contributed by atoms with Crippen LogP contribution >= 0.6 is 0 Å². The van der Waals surface area contributed by atoms with Gasteiger partial charge in [0.1, 0.15) is 12.0 Å². The first-order chi connectivity index (χ1) is 8.21. The van der Waals surface area contributed by atoms with Gasteiger partial charge in [-0.05, 0) is 37.6 Å². The largest absolute Gasteiger partial charge is 0.479 e. The average molecular weight is 236 g/mol. The quantitative estimate of drug-likeness (QED) is 0.561. The molecule has 1 atom stereocenters. The molecule has 4 nitrogen and oxygen atoms in total. The van der Waals surface area contributed by atoms with Crippen molar-refractivity contribution in [2.45, 2.75) is 26.4 Å². The SMILES string of the molecule is CCOC(=O)C(CC)Oc1ccc(C=O)cc1. The van der Waals surface area contributed by atoms with Crippen molar-refractivity contribution in [3.05, 3.63) is 29.8 Å². The predicted octanol–water partition coefficient (Wildman–Crippen LogP) is 2.22. The number of rotatable bonds is 6. The van der Waals surface area contributed by atoms with Gasteiger partial charge in [0.25, 0.3) is 0 Å². The Hall–Kier alpha value is -1.84. The van der Waals surface area contributed by atoms with Crippen molar-refractivity contribution in [3.63, 3.8) is 0 Å². The molecule has 1 unspecified atom stereocenters. The molecule has 0 radical (unpaired) electrons. The van der Waals surface area contributed by atoms with Gasteiger partial charge in [0.2, 0.25) is 0 Å².